The molecule has 13 heavy (non-hydrogen) atoms. The lowest BCUT2D eigenvalue weighted by Gasteiger charge is -1.91. The molecule has 3 rings (SSSR count). The molecular weight excluding hydrogens is 188 g/mol. The molecule has 0 fully saturated rings. The molecule has 3 heterocycles. The van der Waals surface area contributed by atoms with Gasteiger partial charge in [0.1, 0.15) is 11.0 Å². The van der Waals surface area contributed by atoms with Crippen LogP contribution in [-0.2, 0) is 0 Å². The fraction of sp³-hybridized carbons (Fsp3) is 0. The molecule has 0 spiro atoms. The molecule has 64 valence electrons. The summed E-state index contributed by atoms with van der Waals surface area (Å²) in [5, 5.41) is 4.02. The second-order valence-electron chi connectivity index (χ2n) is 2.60. The molecule has 0 unspecified atom stereocenters. The van der Waals surface area contributed by atoms with E-state index in [1.807, 2.05) is 6.07 Å². The molecule has 0 saturated heterocycles. The van der Waals surface area contributed by atoms with Gasteiger partial charge in [0.15, 0.2) is 5.65 Å². The Balaban J connectivity index is 2.71. The fourth-order valence-electron chi connectivity index (χ4n) is 1.28. The second kappa shape index (κ2) is 2.17. The summed E-state index contributed by atoms with van der Waals surface area (Å²) in [4.78, 5) is 17.7. The van der Waals surface area contributed by atoms with Crippen LogP contribution in [0.4, 0.5) is 0 Å². The Kier molecular flexibility index (Phi) is 1.13. The smallest absolute Gasteiger partial charge is 0.297 e. The predicted octanol–water partition coefficient (Wildman–Crippen LogP) is 0.632. The molecule has 0 aliphatic rings. The first-order chi connectivity index (χ1) is 6.34. The molecule has 1 N–H and O–H groups in total. The monoisotopic (exact) mass is 192 g/mol. The zero-order valence-electron chi connectivity index (χ0n) is 6.39. The first kappa shape index (κ1) is 6.79. The van der Waals surface area contributed by atoms with E-state index in [-0.39, 0.29) is 4.87 Å². The number of hydrogen-bond acceptors (Lipinski definition) is 4. The lowest BCUT2D eigenvalue weighted by molar-refractivity contribution is 0.932. The highest BCUT2D eigenvalue weighted by Gasteiger charge is 2.05. The standard InChI is InChI=1S/C7H4N4OS/c12-7-10-6-5(13-7)4-1-2-9-11(4)3-8-6/h1-3H,(H,10,12). The van der Waals surface area contributed by atoms with Gasteiger partial charge in [0.25, 0.3) is 0 Å². The molecule has 0 aliphatic heterocycles. The van der Waals surface area contributed by atoms with Gasteiger partial charge < -0.3 is 0 Å². The van der Waals surface area contributed by atoms with Crippen LogP contribution in [0.25, 0.3) is 15.9 Å². The first-order valence-corrected chi connectivity index (χ1v) is 4.47. The summed E-state index contributed by atoms with van der Waals surface area (Å²) in [6.45, 7) is 0. The van der Waals surface area contributed by atoms with Gasteiger partial charge in [0.05, 0.1) is 11.7 Å². The summed E-state index contributed by atoms with van der Waals surface area (Å²) >= 11 is 1.15. The van der Waals surface area contributed by atoms with E-state index in [1.165, 1.54) is 0 Å². The highest BCUT2D eigenvalue weighted by Crippen LogP contribution is 2.17. The highest BCUT2D eigenvalue weighted by atomic mass is 32.1. The van der Waals surface area contributed by atoms with Crippen molar-refractivity contribution in [1.82, 2.24) is 19.6 Å². The maximum atomic E-state index is 11.0. The maximum absolute atomic E-state index is 11.0. The van der Waals surface area contributed by atoms with Crippen molar-refractivity contribution in [3.05, 3.63) is 28.3 Å². The largest absolute Gasteiger partial charge is 0.306 e. The summed E-state index contributed by atoms with van der Waals surface area (Å²) in [5.41, 5.74) is 1.54. The molecule has 0 aliphatic carbocycles. The van der Waals surface area contributed by atoms with Crippen molar-refractivity contribution in [3.8, 4) is 0 Å². The van der Waals surface area contributed by atoms with Crippen molar-refractivity contribution in [3.63, 3.8) is 0 Å². The maximum Gasteiger partial charge on any atom is 0.306 e. The molecule has 6 heteroatoms. The van der Waals surface area contributed by atoms with Gasteiger partial charge in [-0.15, -0.1) is 0 Å². The van der Waals surface area contributed by atoms with Crippen molar-refractivity contribution in [2.75, 3.05) is 0 Å². The predicted molar refractivity (Wildman–Crippen MR) is 49.0 cm³/mol. The van der Waals surface area contributed by atoms with Gasteiger partial charge in [-0.1, -0.05) is 11.3 Å². The van der Waals surface area contributed by atoms with Gasteiger partial charge in [-0.2, -0.15) is 5.10 Å². The van der Waals surface area contributed by atoms with Gasteiger partial charge in [0.2, 0.25) is 0 Å². The number of nitrogens with one attached hydrogen (secondary N) is 1. The molecule has 0 aromatic carbocycles. The van der Waals surface area contributed by atoms with Crippen molar-refractivity contribution >= 4 is 27.2 Å². The summed E-state index contributed by atoms with van der Waals surface area (Å²) in [5.74, 6) is 0. The number of nitrogens with zero attached hydrogens (tertiary/aromatic N) is 3. The quantitative estimate of drug-likeness (QED) is 0.568. The molecule has 3 aromatic heterocycles. The molecule has 0 bridgehead atoms. The lowest BCUT2D eigenvalue weighted by atomic mass is 10.5. The minimum absolute atomic E-state index is 0.0863. The topological polar surface area (TPSA) is 63.0 Å². The Labute approximate surface area is 75.7 Å². The molecule has 0 saturated carbocycles. The number of H-pyrrole nitrogens is 1. The van der Waals surface area contributed by atoms with Crippen LogP contribution in [0.5, 0.6) is 0 Å². The minimum Gasteiger partial charge on any atom is -0.297 e. The van der Waals surface area contributed by atoms with Gasteiger partial charge in [-0.25, -0.2) is 9.50 Å². The third-order valence-corrected chi connectivity index (χ3v) is 2.72. The van der Waals surface area contributed by atoms with Crippen LogP contribution in [0.2, 0.25) is 0 Å². The zero-order chi connectivity index (χ0) is 8.84. The van der Waals surface area contributed by atoms with E-state index < -0.39 is 0 Å². The van der Waals surface area contributed by atoms with Crippen LogP contribution in [0.3, 0.4) is 0 Å². The first-order valence-electron chi connectivity index (χ1n) is 3.66. The van der Waals surface area contributed by atoms with E-state index in [0.29, 0.717) is 5.65 Å². The molecule has 0 atom stereocenters. The van der Waals surface area contributed by atoms with E-state index in [9.17, 15) is 4.79 Å². The Morgan fingerprint density at radius 3 is 3.38 bits per heavy atom. The van der Waals surface area contributed by atoms with Gasteiger partial charge in [0, 0.05) is 0 Å². The van der Waals surface area contributed by atoms with E-state index in [4.69, 9.17) is 0 Å². The number of fused-ring (bicyclic) bond motifs is 3. The third kappa shape index (κ3) is 0.829. The highest BCUT2D eigenvalue weighted by molar-refractivity contribution is 7.17. The van der Waals surface area contributed by atoms with Crippen LogP contribution in [0.1, 0.15) is 0 Å². The van der Waals surface area contributed by atoms with E-state index >= 15 is 0 Å². The number of rotatable bonds is 0. The number of aromatic nitrogens is 4. The lowest BCUT2D eigenvalue weighted by Crippen LogP contribution is -1.92. The van der Waals surface area contributed by atoms with Gasteiger partial charge >= 0.3 is 4.87 Å². The molecular formula is C7H4N4OS. The van der Waals surface area contributed by atoms with E-state index in [0.717, 1.165) is 21.6 Å². The number of aromatic amines is 1. The van der Waals surface area contributed by atoms with Gasteiger partial charge in [-0.3, -0.25) is 9.78 Å². The second-order valence-corrected chi connectivity index (χ2v) is 3.58. The minimum atomic E-state index is -0.0863. The van der Waals surface area contributed by atoms with Crippen LogP contribution in [-0.4, -0.2) is 19.6 Å². The third-order valence-electron chi connectivity index (χ3n) is 1.83. The Morgan fingerprint density at radius 2 is 2.46 bits per heavy atom. The zero-order valence-corrected chi connectivity index (χ0v) is 7.21. The van der Waals surface area contributed by atoms with Crippen molar-refractivity contribution in [1.29, 1.82) is 0 Å². The van der Waals surface area contributed by atoms with Crippen molar-refractivity contribution in [2.24, 2.45) is 0 Å². The molecule has 5 nitrogen and oxygen atoms in total. The summed E-state index contributed by atoms with van der Waals surface area (Å²) in [6.07, 6.45) is 3.26. The van der Waals surface area contributed by atoms with Gasteiger partial charge in [-0.05, 0) is 6.07 Å². The summed E-state index contributed by atoms with van der Waals surface area (Å²) in [7, 11) is 0. The van der Waals surface area contributed by atoms with Crippen LogP contribution < -0.4 is 4.87 Å². The van der Waals surface area contributed by atoms with Crippen LogP contribution >= 0.6 is 11.3 Å². The van der Waals surface area contributed by atoms with Crippen molar-refractivity contribution in [2.45, 2.75) is 0 Å². The van der Waals surface area contributed by atoms with Crippen LogP contribution in [0.15, 0.2) is 23.4 Å². The average Bonchev–Trinajstić information content (AvgIpc) is 2.65. The molecule has 0 amide bonds. The fourth-order valence-corrected chi connectivity index (χ4v) is 2.08. The number of thiazole rings is 1. The Hall–Kier alpha value is -1.69. The summed E-state index contributed by atoms with van der Waals surface area (Å²) in [6, 6.07) is 1.85. The van der Waals surface area contributed by atoms with Crippen LogP contribution in [0, 0.1) is 0 Å². The number of hydrogen-bond donors (Lipinski definition) is 1. The normalized spacial score (nSPS) is 11.4. The van der Waals surface area contributed by atoms with E-state index in [1.54, 1.807) is 17.0 Å². The van der Waals surface area contributed by atoms with E-state index in [2.05, 4.69) is 15.1 Å². The summed E-state index contributed by atoms with van der Waals surface area (Å²) < 4.78 is 2.50. The molecule has 3 aromatic rings. The SMILES string of the molecule is O=c1[nH]c2ncn3nccc3c2s1. The average molecular weight is 192 g/mol. The molecule has 0 radical (unpaired) electrons. The Morgan fingerprint density at radius 1 is 1.54 bits per heavy atom. The Bertz CT molecular complexity index is 634. The van der Waals surface area contributed by atoms with Crippen molar-refractivity contribution < 1.29 is 0 Å².